The van der Waals surface area contributed by atoms with Gasteiger partial charge in [0.1, 0.15) is 11.6 Å². The van der Waals surface area contributed by atoms with Gasteiger partial charge in [0, 0.05) is 30.8 Å². The first-order valence-corrected chi connectivity index (χ1v) is 9.43. The number of alkyl halides is 2. The van der Waals surface area contributed by atoms with Crippen LogP contribution in [0.4, 0.5) is 14.5 Å². The maximum Gasteiger partial charge on any atom is 0.290 e. The highest BCUT2D eigenvalue weighted by atomic mass is 32.2. The molecule has 10 heteroatoms. The lowest BCUT2D eigenvalue weighted by atomic mass is 10.2. The van der Waals surface area contributed by atoms with E-state index in [0.717, 1.165) is 5.56 Å². The minimum atomic E-state index is -2.67. The van der Waals surface area contributed by atoms with Crippen molar-refractivity contribution in [3.05, 3.63) is 72.2 Å². The Morgan fingerprint density at radius 2 is 2.00 bits per heavy atom. The van der Waals surface area contributed by atoms with E-state index in [-0.39, 0.29) is 41.3 Å². The number of pyridine rings is 1. The number of nitrogens with one attached hydrogen (secondary N) is 2. The van der Waals surface area contributed by atoms with E-state index in [2.05, 4.69) is 20.7 Å². The molecule has 1 aromatic carbocycles. The molecule has 0 saturated heterocycles. The minimum absolute atomic E-state index is 0.0281. The highest BCUT2D eigenvalue weighted by molar-refractivity contribution is 7.99. The van der Waals surface area contributed by atoms with Gasteiger partial charge in [-0.15, -0.1) is 0 Å². The number of halogens is 2. The number of hydrogen-bond donors (Lipinski definition) is 2. The van der Waals surface area contributed by atoms with Crippen LogP contribution in [0.3, 0.4) is 0 Å². The van der Waals surface area contributed by atoms with Crippen LogP contribution < -0.4 is 10.6 Å². The molecule has 2 N–H and O–H groups in total. The Bertz CT molecular complexity index is 982. The zero-order valence-electron chi connectivity index (χ0n) is 15.1. The Labute approximate surface area is 169 Å². The van der Waals surface area contributed by atoms with Crippen molar-refractivity contribution in [3.8, 4) is 0 Å². The maximum atomic E-state index is 12.6. The Hall–Kier alpha value is -3.27. The number of hydrogen-bond acceptors (Lipinski definition) is 5. The molecule has 0 bridgehead atoms. The van der Waals surface area contributed by atoms with Crippen LogP contribution in [0.25, 0.3) is 0 Å². The number of carbonyl (C=O) groups is 2. The lowest BCUT2D eigenvalue weighted by Crippen LogP contribution is -2.24. The Kier molecular flexibility index (Phi) is 6.90. The molecule has 0 atom stereocenters. The molecule has 3 aromatic rings. The second-order valence-corrected chi connectivity index (χ2v) is 6.85. The third-order valence-electron chi connectivity index (χ3n) is 3.75. The number of aromatic nitrogens is 3. The molecule has 0 radical (unpaired) electrons. The van der Waals surface area contributed by atoms with Crippen molar-refractivity contribution in [1.29, 1.82) is 0 Å². The van der Waals surface area contributed by atoms with E-state index in [4.69, 9.17) is 0 Å². The highest BCUT2D eigenvalue weighted by Gasteiger charge is 2.16. The largest absolute Gasteiger partial charge is 0.348 e. The number of anilines is 1. The SMILES string of the molecule is O=C(Cn1cccn1)Nc1cccc(CNC(=O)c2cccnc2SC(F)F)c1. The van der Waals surface area contributed by atoms with Gasteiger partial charge in [-0.3, -0.25) is 14.3 Å². The molecular weight excluding hydrogens is 400 g/mol. The normalized spacial score (nSPS) is 10.7. The minimum Gasteiger partial charge on any atom is -0.348 e. The van der Waals surface area contributed by atoms with Gasteiger partial charge in [0.25, 0.3) is 11.7 Å². The smallest absolute Gasteiger partial charge is 0.290 e. The lowest BCUT2D eigenvalue weighted by Gasteiger charge is -2.10. The van der Waals surface area contributed by atoms with Crippen molar-refractivity contribution in [2.75, 3.05) is 5.32 Å². The fraction of sp³-hybridized carbons (Fsp3) is 0.158. The Morgan fingerprint density at radius 3 is 2.76 bits per heavy atom. The molecule has 0 fully saturated rings. The third kappa shape index (κ3) is 6.11. The number of nitrogens with zero attached hydrogens (tertiary/aromatic N) is 3. The average molecular weight is 417 g/mol. The van der Waals surface area contributed by atoms with E-state index < -0.39 is 11.7 Å². The summed E-state index contributed by atoms with van der Waals surface area (Å²) in [5.41, 5.74) is 1.40. The molecule has 2 aromatic heterocycles. The van der Waals surface area contributed by atoms with Crippen LogP contribution in [0.2, 0.25) is 0 Å². The van der Waals surface area contributed by atoms with Gasteiger partial charge in [-0.2, -0.15) is 13.9 Å². The molecule has 29 heavy (non-hydrogen) atoms. The second kappa shape index (κ2) is 9.78. The van der Waals surface area contributed by atoms with E-state index in [1.54, 1.807) is 42.7 Å². The number of thioether (sulfide) groups is 1. The van der Waals surface area contributed by atoms with Gasteiger partial charge < -0.3 is 10.6 Å². The van der Waals surface area contributed by atoms with Crippen LogP contribution >= 0.6 is 11.8 Å². The summed E-state index contributed by atoms with van der Waals surface area (Å²) in [6.07, 6.45) is 4.63. The summed E-state index contributed by atoms with van der Waals surface area (Å²) in [7, 11) is 0. The van der Waals surface area contributed by atoms with E-state index in [9.17, 15) is 18.4 Å². The summed E-state index contributed by atoms with van der Waals surface area (Å²) in [5, 5.41) is 9.39. The topological polar surface area (TPSA) is 88.9 Å². The van der Waals surface area contributed by atoms with E-state index in [0.29, 0.717) is 5.69 Å². The predicted octanol–water partition coefficient (Wildman–Crippen LogP) is 3.16. The zero-order valence-corrected chi connectivity index (χ0v) is 15.9. The number of amides is 2. The molecule has 0 spiro atoms. The van der Waals surface area contributed by atoms with Gasteiger partial charge in [-0.05, 0) is 47.7 Å². The van der Waals surface area contributed by atoms with Crippen LogP contribution in [0.1, 0.15) is 15.9 Å². The summed E-state index contributed by atoms with van der Waals surface area (Å²) in [6, 6.07) is 11.7. The van der Waals surface area contributed by atoms with Crippen molar-refractivity contribution in [2.45, 2.75) is 23.9 Å². The third-order valence-corrected chi connectivity index (χ3v) is 4.47. The van der Waals surface area contributed by atoms with Crippen LogP contribution in [-0.2, 0) is 17.9 Å². The summed E-state index contributed by atoms with van der Waals surface area (Å²) >= 11 is 0.226. The standard InChI is InChI=1S/C19H17F2N5O2S/c20-19(21)29-18-15(6-2-7-22-18)17(28)23-11-13-4-1-5-14(10-13)25-16(27)12-26-9-3-8-24-26/h1-10,19H,11-12H2,(H,23,28)(H,25,27). The average Bonchev–Trinajstić information content (AvgIpc) is 3.19. The fourth-order valence-electron chi connectivity index (χ4n) is 2.52. The van der Waals surface area contributed by atoms with Gasteiger partial charge in [0.15, 0.2) is 0 Å². The maximum absolute atomic E-state index is 12.6. The summed E-state index contributed by atoms with van der Waals surface area (Å²) in [5.74, 6) is -3.41. The Balaban J connectivity index is 1.59. The van der Waals surface area contributed by atoms with Crippen LogP contribution in [0.5, 0.6) is 0 Å². The second-order valence-electron chi connectivity index (χ2n) is 5.87. The zero-order chi connectivity index (χ0) is 20.6. The molecule has 3 rings (SSSR count). The first-order valence-electron chi connectivity index (χ1n) is 8.55. The van der Waals surface area contributed by atoms with E-state index >= 15 is 0 Å². The van der Waals surface area contributed by atoms with Crippen molar-refractivity contribution in [2.24, 2.45) is 0 Å². The molecule has 2 amide bonds. The monoisotopic (exact) mass is 417 g/mol. The number of benzene rings is 1. The molecule has 7 nitrogen and oxygen atoms in total. The van der Waals surface area contributed by atoms with Gasteiger partial charge in [0.2, 0.25) is 5.91 Å². The van der Waals surface area contributed by atoms with E-state index in [1.165, 1.54) is 23.0 Å². The predicted molar refractivity (Wildman–Crippen MR) is 105 cm³/mol. The van der Waals surface area contributed by atoms with E-state index in [1.807, 2.05) is 0 Å². The fourth-order valence-corrected chi connectivity index (χ4v) is 3.10. The van der Waals surface area contributed by atoms with Crippen LogP contribution in [0, 0.1) is 0 Å². The van der Waals surface area contributed by atoms with Gasteiger partial charge in [0.05, 0.1) is 5.56 Å². The molecular formula is C19H17F2N5O2S. The summed E-state index contributed by atoms with van der Waals surface area (Å²) in [6.45, 7) is 0.245. The van der Waals surface area contributed by atoms with Crippen molar-refractivity contribution in [3.63, 3.8) is 0 Å². The highest BCUT2D eigenvalue weighted by Crippen LogP contribution is 2.26. The molecule has 0 unspecified atom stereocenters. The van der Waals surface area contributed by atoms with Crippen LogP contribution in [-0.4, -0.2) is 32.3 Å². The molecule has 2 heterocycles. The van der Waals surface area contributed by atoms with Crippen LogP contribution in [0.15, 0.2) is 66.1 Å². The van der Waals surface area contributed by atoms with Gasteiger partial charge in [-0.25, -0.2) is 4.98 Å². The molecule has 0 aliphatic rings. The van der Waals surface area contributed by atoms with Crippen molar-refractivity contribution >= 4 is 29.3 Å². The number of carbonyl (C=O) groups excluding carboxylic acids is 2. The lowest BCUT2D eigenvalue weighted by molar-refractivity contribution is -0.116. The molecule has 150 valence electrons. The Morgan fingerprint density at radius 1 is 1.14 bits per heavy atom. The molecule has 0 aliphatic carbocycles. The summed E-state index contributed by atoms with van der Waals surface area (Å²) < 4.78 is 26.8. The molecule has 0 aliphatic heterocycles. The summed E-state index contributed by atoms with van der Waals surface area (Å²) in [4.78, 5) is 28.3. The van der Waals surface area contributed by atoms with Gasteiger partial charge in [-0.1, -0.05) is 12.1 Å². The molecule has 0 saturated carbocycles. The first-order chi connectivity index (χ1) is 14.0. The van der Waals surface area contributed by atoms with Gasteiger partial charge >= 0.3 is 0 Å². The first kappa shape index (κ1) is 20.5. The van der Waals surface area contributed by atoms with Crippen molar-refractivity contribution < 1.29 is 18.4 Å². The number of rotatable bonds is 8. The quantitative estimate of drug-likeness (QED) is 0.550. The van der Waals surface area contributed by atoms with Crippen molar-refractivity contribution in [1.82, 2.24) is 20.1 Å².